The molecule has 0 aromatic carbocycles. The first kappa shape index (κ1) is 29.6. The molecule has 0 bridgehead atoms. The number of rotatable bonds is 10. The Hall–Kier alpha value is -2.97. The number of hydrogen-bond donors (Lipinski definition) is 0. The molecule has 2 aromatic rings. The van der Waals surface area contributed by atoms with Crippen LogP contribution in [0.3, 0.4) is 0 Å². The van der Waals surface area contributed by atoms with Crippen molar-refractivity contribution in [3.05, 3.63) is 12.7 Å². The number of fused-ring (bicyclic) bond motifs is 1. The lowest BCUT2D eigenvalue weighted by Crippen LogP contribution is -2.40. The molecule has 0 unspecified atom stereocenters. The van der Waals surface area contributed by atoms with Crippen LogP contribution in [0, 0.1) is 0 Å². The normalized spacial score (nSPS) is 21.8. The Labute approximate surface area is 221 Å². The van der Waals surface area contributed by atoms with Gasteiger partial charge in [-0.1, -0.05) is 0 Å². The summed E-state index contributed by atoms with van der Waals surface area (Å²) in [4.78, 5) is 48.5. The van der Waals surface area contributed by atoms with Crippen LogP contribution in [0.25, 0.3) is 11.2 Å². The van der Waals surface area contributed by atoms with Crippen molar-refractivity contribution < 1.29 is 37.9 Å². The van der Waals surface area contributed by atoms with E-state index in [4.69, 9.17) is 23.5 Å². The fourth-order valence-electron chi connectivity index (χ4n) is 4.43. The number of esters is 3. The minimum Gasteiger partial charge on any atom is -0.463 e. The number of nitrogens with zero attached hydrogens (tertiary/aromatic N) is 7. The maximum Gasteiger partial charge on any atom is 0.418 e. The average Bonchev–Trinajstić information content (AvgIpc) is 3.36. The van der Waals surface area contributed by atoms with Gasteiger partial charge in [0, 0.05) is 63.1 Å². The van der Waals surface area contributed by atoms with E-state index in [9.17, 15) is 14.4 Å². The topological polar surface area (TPSA) is 151 Å². The summed E-state index contributed by atoms with van der Waals surface area (Å²) in [6, 6.07) is 0. The van der Waals surface area contributed by atoms with Gasteiger partial charge in [0.25, 0.3) is 0 Å². The molecule has 0 spiro atoms. The molecule has 4 atom stereocenters. The molecule has 1 aliphatic heterocycles. The third-order valence-corrected chi connectivity index (χ3v) is 9.26. The lowest BCUT2D eigenvalue weighted by molar-refractivity contribution is -0.166. The Morgan fingerprint density at radius 3 is 2.00 bits per heavy atom. The maximum absolute atomic E-state index is 12.0. The minimum atomic E-state index is -2.49. The summed E-state index contributed by atoms with van der Waals surface area (Å²) in [6.07, 6.45) is -1.26. The predicted molar refractivity (Wildman–Crippen MR) is 136 cm³/mol. The van der Waals surface area contributed by atoms with Crippen LogP contribution >= 0.6 is 7.94 Å². The summed E-state index contributed by atoms with van der Waals surface area (Å²) in [5, 5.41) is 0. The SMILES string of the molecule is CC(=O)OC[C@H]1O[C@@H](n2cnc3c(O[P+](N(C)C)(N(C)C)N(C)C)ncnc32)[C@H](OC(C)=O)[C@@H]1OC(C)=O. The van der Waals surface area contributed by atoms with Gasteiger partial charge in [-0.3, -0.25) is 23.5 Å². The minimum absolute atomic E-state index is 0.223. The fraction of sp³-hybridized carbons (Fsp3) is 0.636. The summed E-state index contributed by atoms with van der Waals surface area (Å²) in [7, 11) is 9.01. The largest absolute Gasteiger partial charge is 0.463 e. The van der Waals surface area contributed by atoms with Gasteiger partial charge >= 0.3 is 31.7 Å². The van der Waals surface area contributed by atoms with Crippen LogP contribution in [-0.2, 0) is 33.3 Å². The third kappa shape index (κ3) is 5.86. The van der Waals surface area contributed by atoms with Crippen LogP contribution in [0.5, 0.6) is 5.88 Å². The van der Waals surface area contributed by atoms with Crippen LogP contribution in [0.1, 0.15) is 27.0 Å². The van der Waals surface area contributed by atoms with Crippen molar-refractivity contribution in [2.24, 2.45) is 0 Å². The average molecular weight is 557 g/mol. The number of aromatic nitrogens is 4. The van der Waals surface area contributed by atoms with E-state index in [2.05, 4.69) is 15.0 Å². The lowest BCUT2D eigenvalue weighted by atomic mass is 10.1. The molecule has 38 heavy (non-hydrogen) atoms. The van der Waals surface area contributed by atoms with E-state index in [0.29, 0.717) is 11.2 Å². The van der Waals surface area contributed by atoms with E-state index in [1.54, 1.807) is 4.57 Å². The second kappa shape index (κ2) is 11.8. The molecular weight excluding hydrogens is 521 g/mol. The molecule has 3 heterocycles. The zero-order chi connectivity index (χ0) is 28.4. The number of carbonyl (C=O) groups excluding carboxylic acids is 3. The van der Waals surface area contributed by atoms with Crippen molar-refractivity contribution in [2.75, 3.05) is 48.9 Å². The van der Waals surface area contributed by atoms with Gasteiger partial charge in [0.15, 0.2) is 29.6 Å². The molecular formula is C22H35N7O8P+. The molecule has 16 heteroatoms. The van der Waals surface area contributed by atoms with Crippen molar-refractivity contribution in [1.29, 1.82) is 0 Å². The van der Waals surface area contributed by atoms with Crippen molar-refractivity contribution >= 4 is 37.0 Å². The highest BCUT2D eigenvalue weighted by Crippen LogP contribution is 2.64. The van der Waals surface area contributed by atoms with Crippen molar-refractivity contribution in [3.63, 3.8) is 0 Å². The van der Waals surface area contributed by atoms with E-state index >= 15 is 0 Å². The molecule has 2 aromatic heterocycles. The molecule has 3 rings (SSSR count). The van der Waals surface area contributed by atoms with Gasteiger partial charge < -0.3 is 18.9 Å². The number of imidazole rings is 1. The van der Waals surface area contributed by atoms with E-state index in [0.717, 1.165) is 0 Å². The quantitative estimate of drug-likeness (QED) is 0.231. The monoisotopic (exact) mass is 556 g/mol. The van der Waals surface area contributed by atoms with Crippen molar-refractivity contribution in [1.82, 2.24) is 33.5 Å². The van der Waals surface area contributed by atoms with Crippen molar-refractivity contribution in [3.8, 4) is 5.88 Å². The number of hydrogen-bond acceptors (Lipinski definition) is 14. The summed E-state index contributed by atoms with van der Waals surface area (Å²) in [5.41, 5.74) is 0.682. The molecule has 210 valence electrons. The van der Waals surface area contributed by atoms with E-state index in [1.165, 1.54) is 33.4 Å². The summed E-state index contributed by atoms with van der Waals surface area (Å²) in [5.74, 6) is -1.53. The van der Waals surface area contributed by atoms with Gasteiger partial charge in [0.1, 0.15) is 19.0 Å². The van der Waals surface area contributed by atoms with E-state index < -0.39 is 50.4 Å². The third-order valence-electron chi connectivity index (χ3n) is 5.71. The van der Waals surface area contributed by atoms with Crippen molar-refractivity contribution in [2.45, 2.75) is 45.3 Å². The molecule has 1 aliphatic rings. The number of carbonyl (C=O) groups is 3. The highest BCUT2D eigenvalue weighted by molar-refractivity contribution is 7.64. The molecule has 1 saturated heterocycles. The van der Waals surface area contributed by atoms with Crippen LogP contribution in [0.15, 0.2) is 12.7 Å². The molecule has 0 aliphatic carbocycles. The molecule has 0 saturated carbocycles. The Morgan fingerprint density at radius 1 is 0.895 bits per heavy atom. The Morgan fingerprint density at radius 2 is 1.47 bits per heavy atom. The van der Waals surface area contributed by atoms with Crippen LogP contribution < -0.4 is 4.52 Å². The smallest absolute Gasteiger partial charge is 0.418 e. The fourth-order valence-corrected chi connectivity index (χ4v) is 7.44. The highest BCUT2D eigenvalue weighted by atomic mass is 31.2. The Balaban J connectivity index is 2.07. The second-order valence-electron chi connectivity index (χ2n) is 9.16. The summed E-state index contributed by atoms with van der Waals surface area (Å²) < 4.78 is 36.2. The first-order valence-electron chi connectivity index (χ1n) is 11.7. The zero-order valence-electron chi connectivity index (χ0n) is 23.0. The van der Waals surface area contributed by atoms with Gasteiger partial charge in [-0.15, -0.1) is 14.0 Å². The Kier molecular flexibility index (Phi) is 9.21. The first-order chi connectivity index (χ1) is 17.8. The van der Waals surface area contributed by atoms with Gasteiger partial charge in [-0.05, 0) is 0 Å². The van der Waals surface area contributed by atoms with Gasteiger partial charge in [0.2, 0.25) is 0 Å². The second-order valence-corrected chi connectivity index (χ2v) is 12.8. The standard InChI is InChI=1S/C22H35N7O8P/c1-13(30)33-10-16-18(34-14(2)31)19(35-15(3)32)22(36-16)29-12-25-17-20(29)23-11-24-21(17)37-38(26(4)5,27(6)7)28(8)9/h11-12,16,18-19,22H,10H2,1-9H3/q+1/t16-,18-,19-,22-/m1/s1. The van der Waals surface area contributed by atoms with Crippen LogP contribution in [0.4, 0.5) is 0 Å². The van der Waals surface area contributed by atoms with Gasteiger partial charge in [0.05, 0.1) is 6.33 Å². The van der Waals surface area contributed by atoms with Gasteiger partial charge in [-0.2, -0.15) is 4.98 Å². The summed E-state index contributed by atoms with van der Waals surface area (Å²) >= 11 is 0. The highest BCUT2D eigenvalue weighted by Gasteiger charge is 2.54. The lowest BCUT2D eigenvalue weighted by Gasteiger charge is -2.36. The van der Waals surface area contributed by atoms with E-state index in [-0.39, 0.29) is 12.5 Å². The number of ether oxygens (including phenoxy) is 4. The van der Waals surface area contributed by atoms with Crippen LogP contribution in [0.2, 0.25) is 0 Å². The Bertz CT molecular complexity index is 1150. The zero-order valence-corrected chi connectivity index (χ0v) is 23.9. The summed E-state index contributed by atoms with van der Waals surface area (Å²) in [6.45, 7) is 3.48. The molecule has 15 nitrogen and oxygen atoms in total. The molecule has 0 amide bonds. The van der Waals surface area contributed by atoms with Crippen LogP contribution in [-0.4, -0.2) is 119 Å². The maximum atomic E-state index is 12.0. The molecule has 0 radical (unpaired) electrons. The molecule has 1 fully saturated rings. The first-order valence-corrected chi connectivity index (χ1v) is 13.3. The van der Waals surface area contributed by atoms with Gasteiger partial charge in [-0.25, -0.2) is 9.97 Å². The van der Waals surface area contributed by atoms with E-state index in [1.807, 2.05) is 56.3 Å². The molecule has 0 N–H and O–H groups in total. The predicted octanol–water partition coefficient (Wildman–Crippen LogP) is 0.891.